The predicted octanol–water partition coefficient (Wildman–Crippen LogP) is -2.61. The monoisotopic (exact) mass is 175 g/mol. The number of carboxylic acid groups (broad SMARTS) is 1. The minimum Gasteiger partial charge on any atom is -0.542 e. The Bertz CT molecular complexity index is 295. The Kier molecular flexibility index (Phi) is 2.94. The van der Waals surface area contributed by atoms with E-state index in [1.807, 2.05) is 5.38 Å². The first kappa shape index (κ1) is 9.78. The Hall–Kier alpha value is -0.303. The van der Waals surface area contributed by atoms with Gasteiger partial charge in [-0.05, 0) is 12.8 Å². The second-order valence-corrected chi connectivity index (χ2v) is 3.50. The summed E-state index contributed by atoms with van der Waals surface area (Å²) in [6, 6.07) is 0. The van der Waals surface area contributed by atoms with Crippen molar-refractivity contribution in [2.45, 2.75) is 18.8 Å². The van der Waals surface area contributed by atoms with Crippen molar-refractivity contribution in [3.8, 4) is 0 Å². The van der Waals surface area contributed by atoms with Crippen LogP contribution in [0.3, 0.4) is 0 Å². The zero-order chi connectivity index (χ0) is 7.84. The number of hydrogen-bond acceptors (Lipinski definition) is 4. The van der Waals surface area contributed by atoms with Crippen LogP contribution in [0.5, 0.6) is 0 Å². The summed E-state index contributed by atoms with van der Waals surface area (Å²) in [5, 5.41) is 12.2. The van der Waals surface area contributed by atoms with E-state index in [0.717, 1.165) is 29.9 Å². The molecule has 0 amide bonds. The van der Waals surface area contributed by atoms with E-state index >= 15 is 0 Å². The molecular formula is C7H6LiNO2S. The second-order valence-electron chi connectivity index (χ2n) is 2.64. The molecule has 0 spiro atoms. The third-order valence-corrected chi connectivity index (χ3v) is 2.53. The maximum absolute atomic E-state index is 10.3. The molecule has 0 saturated heterocycles. The maximum atomic E-state index is 10.3. The maximum Gasteiger partial charge on any atom is 1.00 e. The summed E-state index contributed by atoms with van der Waals surface area (Å²) in [5.74, 6) is -0.638. The summed E-state index contributed by atoms with van der Waals surface area (Å²) >= 11 is 1.15. The average Bonchev–Trinajstić information content (AvgIpc) is 2.68. The molecule has 2 rings (SSSR count). The summed E-state index contributed by atoms with van der Waals surface area (Å²) in [5.41, 5.74) is 0.925. The molecule has 3 nitrogen and oxygen atoms in total. The molecule has 1 aliphatic rings. The van der Waals surface area contributed by atoms with Crippen LogP contribution >= 0.6 is 11.3 Å². The molecule has 1 saturated carbocycles. The van der Waals surface area contributed by atoms with Gasteiger partial charge in [-0.2, -0.15) is 0 Å². The van der Waals surface area contributed by atoms with Gasteiger partial charge in [0, 0.05) is 11.3 Å². The number of nitrogens with zero attached hydrogens (tertiary/aromatic N) is 1. The van der Waals surface area contributed by atoms with Crippen LogP contribution in [0, 0.1) is 0 Å². The van der Waals surface area contributed by atoms with Gasteiger partial charge in [0.2, 0.25) is 0 Å². The molecule has 0 atom stereocenters. The molecule has 1 aromatic rings. The molecule has 1 aromatic heterocycles. The Morgan fingerprint density at radius 1 is 1.67 bits per heavy atom. The predicted molar refractivity (Wildman–Crippen MR) is 38.4 cm³/mol. The van der Waals surface area contributed by atoms with Crippen molar-refractivity contribution < 1.29 is 28.8 Å². The summed E-state index contributed by atoms with van der Waals surface area (Å²) < 4.78 is 0. The van der Waals surface area contributed by atoms with Gasteiger partial charge < -0.3 is 9.90 Å². The topological polar surface area (TPSA) is 53.0 Å². The average molecular weight is 175 g/mol. The fraction of sp³-hybridized carbons (Fsp3) is 0.429. The van der Waals surface area contributed by atoms with Crippen molar-refractivity contribution in [2.24, 2.45) is 0 Å². The van der Waals surface area contributed by atoms with E-state index in [2.05, 4.69) is 4.98 Å². The molecule has 0 unspecified atom stereocenters. The van der Waals surface area contributed by atoms with Crippen molar-refractivity contribution in [1.82, 2.24) is 4.98 Å². The van der Waals surface area contributed by atoms with Gasteiger partial charge in [0.15, 0.2) is 0 Å². The summed E-state index contributed by atoms with van der Waals surface area (Å²) in [4.78, 5) is 14.2. The van der Waals surface area contributed by atoms with E-state index < -0.39 is 5.97 Å². The van der Waals surface area contributed by atoms with Crippen molar-refractivity contribution in [2.75, 3.05) is 0 Å². The molecule has 0 N–H and O–H groups in total. The number of aromatic nitrogens is 1. The quantitative estimate of drug-likeness (QED) is 0.463. The molecule has 1 fully saturated rings. The van der Waals surface area contributed by atoms with Gasteiger partial charge in [0.1, 0.15) is 11.0 Å². The minimum absolute atomic E-state index is 0. The van der Waals surface area contributed by atoms with Gasteiger partial charge in [0.05, 0.1) is 5.69 Å². The first-order valence-electron chi connectivity index (χ1n) is 3.44. The van der Waals surface area contributed by atoms with Crippen LogP contribution in [-0.4, -0.2) is 11.0 Å². The van der Waals surface area contributed by atoms with Crippen molar-refractivity contribution in [3.05, 3.63) is 16.1 Å². The van der Waals surface area contributed by atoms with Crippen LogP contribution in [-0.2, 0) is 0 Å². The van der Waals surface area contributed by atoms with Gasteiger partial charge in [-0.25, -0.2) is 4.98 Å². The summed E-state index contributed by atoms with van der Waals surface area (Å²) in [7, 11) is 0. The van der Waals surface area contributed by atoms with Crippen LogP contribution < -0.4 is 24.0 Å². The SMILES string of the molecule is O=C([O-])c1nc(C2CC2)cs1.[Li+]. The van der Waals surface area contributed by atoms with E-state index in [9.17, 15) is 9.90 Å². The van der Waals surface area contributed by atoms with Crippen molar-refractivity contribution in [3.63, 3.8) is 0 Å². The molecular weight excluding hydrogens is 169 g/mol. The number of carbonyl (C=O) groups excluding carboxylic acids is 1. The van der Waals surface area contributed by atoms with E-state index in [1.165, 1.54) is 0 Å². The number of thiazole rings is 1. The number of carboxylic acids is 1. The molecule has 0 bridgehead atoms. The van der Waals surface area contributed by atoms with E-state index in [0.29, 0.717) is 5.92 Å². The third kappa shape index (κ3) is 1.89. The zero-order valence-electron chi connectivity index (χ0n) is 6.74. The largest absolute Gasteiger partial charge is 1.00 e. The Labute approximate surface area is 86.0 Å². The van der Waals surface area contributed by atoms with Crippen molar-refractivity contribution in [1.29, 1.82) is 0 Å². The molecule has 0 radical (unpaired) electrons. The fourth-order valence-electron chi connectivity index (χ4n) is 0.947. The number of carbonyl (C=O) groups is 1. The normalized spacial score (nSPS) is 15.3. The van der Waals surface area contributed by atoms with Gasteiger partial charge in [-0.1, -0.05) is 0 Å². The fourth-order valence-corrected chi connectivity index (χ4v) is 1.68. The molecule has 5 heteroatoms. The Morgan fingerprint density at radius 3 is 2.75 bits per heavy atom. The van der Waals surface area contributed by atoms with E-state index in [-0.39, 0.29) is 23.9 Å². The summed E-state index contributed by atoms with van der Waals surface area (Å²) in [6.45, 7) is 0. The van der Waals surface area contributed by atoms with Crippen LogP contribution in [0.25, 0.3) is 0 Å². The minimum atomic E-state index is -1.16. The number of rotatable bonds is 2. The van der Waals surface area contributed by atoms with Crippen LogP contribution in [0.15, 0.2) is 5.38 Å². The van der Waals surface area contributed by atoms with Crippen LogP contribution in [0.1, 0.15) is 34.3 Å². The molecule has 0 aromatic carbocycles. The molecule has 1 aliphatic carbocycles. The summed E-state index contributed by atoms with van der Waals surface area (Å²) in [6.07, 6.45) is 2.30. The standard InChI is InChI=1S/C7H7NO2S.Li/c9-7(10)6-8-5(3-11-6)4-1-2-4;/h3-4H,1-2H2,(H,9,10);/q;+1/p-1. The number of aromatic carboxylic acids is 1. The Balaban J connectivity index is 0.000000720. The molecule has 0 aliphatic heterocycles. The van der Waals surface area contributed by atoms with Gasteiger partial charge >= 0.3 is 18.9 Å². The zero-order valence-corrected chi connectivity index (χ0v) is 7.56. The molecule has 58 valence electrons. The first-order valence-corrected chi connectivity index (χ1v) is 4.32. The Morgan fingerprint density at radius 2 is 2.33 bits per heavy atom. The third-order valence-electron chi connectivity index (χ3n) is 1.69. The van der Waals surface area contributed by atoms with Gasteiger partial charge in [-0.3, -0.25) is 0 Å². The molecule has 12 heavy (non-hydrogen) atoms. The van der Waals surface area contributed by atoms with Crippen LogP contribution in [0.2, 0.25) is 0 Å². The number of hydrogen-bond donors (Lipinski definition) is 0. The van der Waals surface area contributed by atoms with Gasteiger partial charge in [0.25, 0.3) is 0 Å². The van der Waals surface area contributed by atoms with E-state index in [4.69, 9.17) is 0 Å². The molecule has 1 heterocycles. The first-order chi connectivity index (χ1) is 5.27. The van der Waals surface area contributed by atoms with Gasteiger partial charge in [-0.15, -0.1) is 11.3 Å². The van der Waals surface area contributed by atoms with Crippen molar-refractivity contribution >= 4 is 17.3 Å². The smallest absolute Gasteiger partial charge is 0.542 e. The second kappa shape index (κ2) is 3.61. The van der Waals surface area contributed by atoms with E-state index in [1.54, 1.807) is 0 Å². The van der Waals surface area contributed by atoms with Crippen LogP contribution in [0.4, 0.5) is 0 Å².